The van der Waals surface area contributed by atoms with Crippen molar-refractivity contribution >= 4 is 0 Å². The molecular formula is C11H22N2O. The van der Waals surface area contributed by atoms with Crippen molar-refractivity contribution in [2.75, 3.05) is 32.8 Å². The van der Waals surface area contributed by atoms with Crippen LogP contribution in [-0.2, 0) is 4.74 Å². The Bertz CT molecular complexity index is 188. The lowest BCUT2D eigenvalue weighted by Gasteiger charge is -2.46. The van der Waals surface area contributed by atoms with E-state index in [-0.39, 0.29) is 0 Å². The van der Waals surface area contributed by atoms with Crippen LogP contribution in [0.5, 0.6) is 0 Å². The summed E-state index contributed by atoms with van der Waals surface area (Å²) in [5.74, 6) is 0. The largest absolute Gasteiger partial charge is 0.381 e. The molecule has 0 bridgehead atoms. The summed E-state index contributed by atoms with van der Waals surface area (Å²) >= 11 is 0. The van der Waals surface area contributed by atoms with Crippen LogP contribution in [0.2, 0.25) is 0 Å². The van der Waals surface area contributed by atoms with Gasteiger partial charge in [-0.15, -0.1) is 0 Å². The molecule has 0 aromatic carbocycles. The zero-order chi connectivity index (χ0) is 10.0. The van der Waals surface area contributed by atoms with Crippen molar-refractivity contribution in [2.24, 2.45) is 11.1 Å². The third-order valence-corrected chi connectivity index (χ3v) is 3.82. The van der Waals surface area contributed by atoms with Crippen LogP contribution in [-0.4, -0.2) is 43.8 Å². The van der Waals surface area contributed by atoms with Crippen LogP contribution < -0.4 is 5.73 Å². The van der Waals surface area contributed by atoms with Crippen LogP contribution in [0.1, 0.15) is 26.2 Å². The summed E-state index contributed by atoms with van der Waals surface area (Å²) in [6.45, 7) is 7.57. The maximum atomic E-state index is 5.71. The number of rotatable bonds is 3. The molecule has 0 saturated carbocycles. The van der Waals surface area contributed by atoms with Crippen LogP contribution in [0.25, 0.3) is 0 Å². The van der Waals surface area contributed by atoms with Crippen molar-refractivity contribution in [3.8, 4) is 0 Å². The van der Waals surface area contributed by atoms with Gasteiger partial charge in [-0.25, -0.2) is 0 Å². The topological polar surface area (TPSA) is 38.5 Å². The van der Waals surface area contributed by atoms with Gasteiger partial charge >= 0.3 is 0 Å². The molecule has 0 aromatic heterocycles. The van der Waals surface area contributed by atoms with E-state index in [2.05, 4.69) is 11.8 Å². The summed E-state index contributed by atoms with van der Waals surface area (Å²) in [6.07, 6.45) is 3.71. The lowest BCUT2D eigenvalue weighted by molar-refractivity contribution is -0.0225. The molecule has 0 spiro atoms. The van der Waals surface area contributed by atoms with Crippen LogP contribution in [0, 0.1) is 5.41 Å². The molecule has 82 valence electrons. The highest BCUT2D eigenvalue weighted by molar-refractivity contribution is 4.89. The minimum atomic E-state index is 0.478. The fourth-order valence-electron chi connectivity index (χ4n) is 2.48. The van der Waals surface area contributed by atoms with E-state index in [9.17, 15) is 0 Å². The molecule has 0 aromatic rings. The predicted octanol–water partition coefficient (Wildman–Crippen LogP) is 0.836. The van der Waals surface area contributed by atoms with Gasteiger partial charge in [-0.2, -0.15) is 0 Å². The highest BCUT2D eigenvalue weighted by Gasteiger charge is 2.35. The average Bonchev–Trinajstić information content (AvgIpc) is 2.15. The minimum Gasteiger partial charge on any atom is -0.381 e. The van der Waals surface area contributed by atoms with E-state index in [0.29, 0.717) is 11.5 Å². The molecule has 1 atom stereocenters. The van der Waals surface area contributed by atoms with E-state index >= 15 is 0 Å². The summed E-state index contributed by atoms with van der Waals surface area (Å²) < 4.78 is 5.41. The molecule has 2 aliphatic rings. The molecule has 2 aliphatic heterocycles. The summed E-state index contributed by atoms with van der Waals surface area (Å²) in [4.78, 5) is 2.55. The van der Waals surface area contributed by atoms with Gasteiger partial charge in [0.1, 0.15) is 0 Å². The van der Waals surface area contributed by atoms with Gasteiger partial charge in [0.2, 0.25) is 0 Å². The Balaban J connectivity index is 1.83. The third kappa shape index (κ3) is 2.10. The number of hydrogen-bond acceptors (Lipinski definition) is 3. The molecule has 2 N–H and O–H groups in total. The van der Waals surface area contributed by atoms with Crippen molar-refractivity contribution in [2.45, 2.75) is 32.2 Å². The molecule has 0 radical (unpaired) electrons. The molecule has 2 fully saturated rings. The van der Waals surface area contributed by atoms with Gasteiger partial charge in [-0.05, 0) is 24.7 Å². The molecule has 2 heterocycles. The monoisotopic (exact) mass is 198 g/mol. The molecule has 14 heavy (non-hydrogen) atoms. The second kappa shape index (κ2) is 4.17. The van der Waals surface area contributed by atoms with Gasteiger partial charge in [0.05, 0.1) is 0 Å². The molecule has 0 aliphatic carbocycles. The predicted molar refractivity (Wildman–Crippen MR) is 57.2 cm³/mol. The van der Waals surface area contributed by atoms with Crippen LogP contribution in [0.3, 0.4) is 0 Å². The number of hydrogen-bond donors (Lipinski definition) is 1. The van der Waals surface area contributed by atoms with E-state index in [1.165, 1.54) is 32.4 Å². The number of nitrogens with zero attached hydrogens (tertiary/aromatic N) is 1. The summed E-state index contributed by atoms with van der Waals surface area (Å²) in [5, 5.41) is 0. The van der Waals surface area contributed by atoms with Crippen LogP contribution >= 0.6 is 0 Å². The first-order valence-electron chi connectivity index (χ1n) is 5.75. The Morgan fingerprint density at radius 2 is 2.14 bits per heavy atom. The van der Waals surface area contributed by atoms with Crippen molar-refractivity contribution in [1.29, 1.82) is 0 Å². The fourth-order valence-corrected chi connectivity index (χ4v) is 2.48. The number of ether oxygens (including phenoxy) is 1. The van der Waals surface area contributed by atoms with E-state index in [0.717, 1.165) is 19.8 Å². The van der Waals surface area contributed by atoms with Crippen LogP contribution in [0.15, 0.2) is 0 Å². The van der Waals surface area contributed by atoms with E-state index in [1.807, 2.05) is 0 Å². The zero-order valence-electron chi connectivity index (χ0n) is 9.17. The smallest absolute Gasteiger partial charge is 0.0471 e. The molecular weight excluding hydrogens is 176 g/mol. The summed E-state index contributed by atoms with van der Waals surface area (Å²) in [6, 6.07) is 0.662. The van der Waals surface area contributed by atoms with Crippen molar-refractivity contribution < 1.29 is 4.74 Å². The third-order valence-electron chi connectivity index (χ3n) is 3.82. The highest BCUT2D eigenvalue weighted by Crippen LogP contribution is 2.33. The van der Waals surface area contributed by atoms with Gasteiger partial charge in [-0.3, -0.25) is 4.90 Å². The van der Waals surface area contributed by atoms with E-state index in [1.54, 1.807) is 0 Å². The Morgan fingerprint density at radius 3 is 2.64 bits per heavy atom. The maximum absolute atomic E-state index is 5.71. The zero-order valence-corrected chi connectivity index (χ0v) is 9.17. The van der Waals surface area contributed by atoms with Crippen molar-refractivity contribution in [3.63, 3.8) is 0 Å². The molecule has 3 nitrogen and oxygen atoms in total. The quantitative estimate of drug-likeness (QED) is 0.730. The first kappa shape index (κ1) is 10.4. The van der Waals surface area contributed by atoms with Gasteiger partial charge in [0.15, 0.2) is 0 Å². The van der Waals surface area contributed by atoms with Crippen LogP contribution in [0.4, 0.5) is 0 Å². The highest BCUT2D eigenvalue weighted by atomic mass is 16.5. The number of nitrogens with two attached hydrogens (primary N) is 1. The SMILES string of the molecule is CC1(CN2CCC2CN)CCOCC1. The Kier molecular flexibility index (Phi) is 3.10. The van der Waals surface area contributed by atoms with Crippen molar-refractivity contribution in [1.82, 2.24) is 4.90 Å². The molecule has 2 saturated heterocycles. The minimum absolute atomic E-state index is 0.478. The first-order chi connectivity index (χ1) is 6.73. The average molecular weight is 198 g/mol. The Labute approximate surface area is 86.6 Å². The summed E-state index contributed by atoms with van der Waals surface area (Å²) in [5.41, 5.74) is 6.18. The van der Waals surface area contributed by atoms with Gasteiger partial charge in [-0.1, -0.05) is 6.92 Å². The molecule has 1 unspecified atom stereocenters. The number of likely N-dealkylation sites (tertiary alicyclic amines) is 1. The standard InChI is InChI=1S/C11H22N2O/c1-11(3-6-14-7-4-11)9-13-5-2-10(13)8-12/h10H,2-9,12H2,1H3. The summed E-state index contributed by atoms with van der Waals surface area (Å²) in [7, 11) is 0. The second-order valence-corrected chi connectivity index (χ2v) is 5.07. The van der Waals surface area contributed by atoms with Crippen molar-refractivity contribution in [3.05, 3.63) is 0 Å². The van der Waals surface area contributed by atoms with Gasteiger partial charge in [0, 0.05) is 38.9 Å². The maximum Gasteiger partial charge on any atom is 0.0471 e. The normalized spacial score (nSPS) is 32.6. The molecule has 0 amide bonds. The van der Waals surface area contributed by atoms with E-state index in [4.69, 9.17) is 10.5 Å². The van der Waals surface area contributed by atoms with E-state index < -0.39 is 0 Å². The second-order valence-electron chi connectivity index (χ2n) is 5.07. The molecule has 3 heteroatoms. The Morgan fingerprint density at radius 1 is 1.43 bits per heavy atom. The molecule has 2 rings (SSSR count). The first-order valence-corrected chi connectivity index (χ1v) is 5.75. The fraction of sp³-hybridized carbons (Fsp3) is 1.00. The van der Waals surface area contributed by atoms with Gasteiger partial charge in [0.25, 0.3) is 0 Å². The van der Waals surface area contributed by atoms with Gasteiger partial charge < -0.3 is 10.5 Å². The lowest BCUT2D eigenvalue weighted by atomic mass is 9.80. The lowest BCUT2D eigenvalue weighted by Crippen LogP contribution is -2.55. The Hall–Kier alpha value is -0.120.